The number of hydrogen-bond acceptors (Lipinski definition) is 2. The molecular weight excluding hydrogens is 262 g/mol. The van der Waals surface area contributed by atoms with Gasteiger partial charge in [0.1, 0.15) is 11.2 Å². The van der Waals surface area contributed by atoms with E-state index < -0.39 is 29.0 Å². The first-order valence-electron chi connectivity index (χ1n) is 4.33. The second-order valence-corrected chi connectivity index (χ2v) is 3.67. The van der Waals surface area contributed by atoms with Crippen LogP contribution in [-0.2, 0) is 6.18 Å². The van der Waals surface area contributed by atoms with Crippen molar-refractivity contribution in [1.29, 1.82) is 0 Å². The van der Waals surface area contributed by atoms with E-state index in [-0.39, 0.29) is 10.4 Å². The van der Waals surface area contributed by atoms with Gasteiger partial charge in [-0.2, -0.15) is 13.2 Å². The van der Waals surface area contributed by atoms with Crippen molar-refractivity contribution >= 4 is 22.5 Å². The summed E-state index contributed by atoms with van der Waals surface area (Å²) in [5, 5.41) is 10.7. The molecule has 1 aromatic heterocycles. The summed E-state index contributed by atoms with van der Waals surface area (Å²) < 4.78 is 50.6. The van der Waals surface area contributed by atoms with Gasteiger partial charge >= 0.3 is 6.18 Å². The lowest BCUT2D eigenvalue weighted by Crippen LogP contribution is -2.10. The van der Waals surface area contributed by atoms with Gasteiger partial charge in [-0.05, 0) is 17.5 Å². The Labute approximate surface area is 97.5 Å². The fourth-order valence-electron chi connectivity index (χ4n) is 1.35. The molecule has 0 fully saturated rings. The molecule has 2 nitrogen and oxygen atoms in total. The molecule has 0 aliphatic carbocycles. The van der Waals surface area contributed by atoms with E-state index in [2.05, 4.69) is 4.98 Å². The van der Waals surface area contributed by atoms with Crippen LogP contribution in [0.25, 0.3) is 10.9 Å². The number of alkyl halides is 3. The standard InChI is InChI=1S/C10H4ClF4NO/c11-5-2-1-4-6(17)3-7(10(13,14)15)16-9(4)8(5)12/h1-3H,(H,16,17)/p-1. The van der Waals surface area contributed by atoms with E-state index >= 15 is 0 Å². The Bertz CT molecular complexity index is 597. The first-order chi connectivity index (χ1) is 7.80. The summed E-state index contributed by atoms with van der Waals surface area (Å²) in [6.07, 6.45) is -4.80. The van der Waals surface area contributed by atoms with Crippen molar-refractivity contribution in [2.45, 2.75) is 6.18 Å². The Morgan fingerprint density at radius 1 is 1.24 bits per heavy atom. The predicted octanol–water partition coefficient (Wildman–Crippen LogP) is 3.12. The van der Waals surface area contributed by atoms with E-state index in [0.717, 1.165) is 12.1 Å². The third kappa shape index (κ3) is 2.00. The van der Waals surface area contributed by atoms with Gasteiger partial charge in [0.05, 0.1) is 5.02 Å². The Morgan fingerprint density at radius 2 is 1.88 bits per heavy atom. The number of benzene rings is 1. The lowest BCUT2D eigenvalue weighted by atomic mass is 10.1. The molecule has 1 aromatic carbocycles. The first kappa shape index (κ1) is 11.9. The molecule has 0 spiro atoms. The number of aromatic nitrogens is 1. The molecule has 0 atom stereocenters. The third-order valence-electron chi connectivity index (χ3n) is 2.12. The summed E-state index contributed by atoms with van der Waals surface area (Å²) >= 11 is 5.41. The maximum atomic E-state index is 13.4. The molecule has 0 aliphatic heterocycles. The summed E-state index contributed by atoms with van der Waals surface area (Å²) in [5.41, 5.74) is -2.10. The highest BCUT2D eigenvalue weighted by Crippen LogP contribution is 2.34. The lowest BCUT2D eigenvalue weighted by Gasteiger charge is -2.14. The molecular formula is C10H3ClF4NO-. The molecule has 17 heavy (non-hydrogen) atoms. The van der Waals surface area contributed by atoms with Gasteiger partial charge < -0.3 is 5.11 Å². The highest BCUT2D eigenvalue weighted by atomic mass is 35.5. The van der Waals surface area contributed by atoms with Crippen molar-refractivity contribution in [2.24, 2.45) is 0 Å². The van der Waals surface area contributed by atoms with Gasteiger partial charge in [0, 0.05) is 0 Å². The van der Waals surface area contributed by atoms with E-state index in [0.29, 0.717) is 6.07 Å². The van der Waals surface area contributed by atoms with Gasteiger partial charge in [-0.1, -0.05) is 23.4 Å². The van der Waals surface area contributed by atoms with Crippen LogP contribution in [0, 0.1) is 5.82 Å². The largest absolute Gasteiger partial charge is 0.872 e. The number of rotatable bonds is 0. The minimum absolute atomic E-state index is 0.236. The first-order valence-corrected chi connectivity index (χ1v) is 4.71. The fourth-order valence-corrected chi connectivity index (χ4v) is 1.50. The van der Waals surface area contributed by atoms with Crippen LogP contribution < -0.4 is 5.11 Å². The molecule has 0 aliphatic rings. The molecule has 90 valence electrons. The molecule has 0 radical (unpaired) electrons. The summed E-state index contributed by atoms with van der Waals surface area (Å²) in [7, 11) is 0. The highest BCUT2D eigenvalue weighted by Gasteiger charge is 2.33. The van der Waals surface area contributed by atoms with E-state index in [1.165, 1.54) is 0 Å². The average Bonchev–Trinajstić information content (AvgIpc) is 2.22. The molecule has 0 saturated carbocycles. The molecule has 0 saturated heterocycles. The van der Waals surface area contributed by atoms with Crippen molar-refractivity contribution in [3.05, 3.63) is 34.7 Å². The Hall–Kier alpha value is -1.56. The lowest BCUT2D eigenvalue weighted by molar-refractivity contribution is -0.266. The Morgan fingerprint density at radius 3 is 2.47 bits per heavy atom. The van der Waals surface area contributed by atoms with Crippen LogP contribution in [0.15, 0.2) is 18.2 Å². The fraction of sp³-hybridized carbons (Fsp3) is 0.100. The van der Waals surface area contributed by atoms with Gasteiger partial charge in [0.25, 0.3) is 0 Å². The second-order valence-electron chi connectivity index (χ2n) is 3.26. The van der Waals surface area contributed by atoms with Crippen LogP contribution in [0.2, 0.25) is 5.02 Å². The van der Waals surface area contributed by atoms with Gasteiger partial charge in [-0.25, -0.2) is 9.37 Å². The van der Waals surface area contributed by atoms with E-state index in [9.17, 15) is 22.7 Å². The zero-order valence-corrected chi connectivity index (χ0v) is 8.73. The predicted molar refractivity (Wildman–Crippen MR) is 51.2 cm³/mol. The van der Waals surface area contributed by atoms with Crippen LogP contribution in [0.3, 0.4) is 0 Å². The van der Waals surface area contributed by atoms with Crippen LogP contribution in [0.1, 0.15) is 5.69 Å². The summed E-state index contributed by atoms with van der Waals surface area (Å²) in [6.45, 7) is 0. The Balaban J connectivity index is 2.84. The second kappa shape index (κ2) is 3.73. The van der Waals surface area contributed by atoms with Crippen LogP contribution in [0.4, 0.5) is 17.6 Å². The van der Waals surface area contributed by atoms with Gasteiger partial charge in [0.2, 0.25) is 0 Å². The van der Waals surface area contributed by atoms with Crippen molar-refractivity contribution < 1.29 is 22.7 Å². The van der Waals surface area contributed by atoms with Crippen molar-refractivity contribution in [1.82, 2.24) is 4.98 Å². The molecule has 0 bridgehead atoms. The molecule has 2 aromatic rings. The molecule has 0 N–H and O–H groups in total. The quantitative estimate of drug-likeness (QED) is 0.686. The summed E-state index contributed by atoms with van der Waals surface area (Å²) in [4.78, 5) is 3.08. The Kier molecular flexibility index (Phi) is 2.61. The average molecular weight is 265 g/mol. The van der Waals surface area contributed by atoms with Crippen molar-refractivity contribution in [3.63, 3.8) is 0 Å². The van der Waals surface area contributed by atoms with E-state index in [4.69, 9.17) is 11.6 Å². The number of halogens is 5. The molecule has 2 rings (SSSR count). The highest BCUT2D eigenvalue weighted by molar-refractivity contribution is 6.31. The summed E-state index contributed by atoms with van der Waals surface area (Å²) in [5.74, 6) is -2.08. The third-order valence-corrected chi connectivity index (χ3v) is 2.42. The zero-order valence-electron chi connectivity index (χ0n) is 7.98. The number of hydrogen-bond donors (Lipinski definition) is 0. The van der Waals surface area contributed by atoms with Gasteiger partial charge in [-0.15, -0.1) is 0 Å². The molecule has 7 heteroatoms. The normalized spacial score (nSPS) is 12.1. The van der Waals surface area contributed by atoms with E-state index in [1.807, 2.05) is 0 Å². The maximum Gasteiger partial charge on any atom is 0.433 e. The molecule has 1 heterocycles. The SMILES string of the molecule is [O-]c1cc(C(F)(F)F)nc2c(F)c(Cl)ccc12. The van der Waals surface area contributed by atoms with Crippen molar-refractivity contribution in [3.8, 4) is 5.75 Å². The zero-order chi connectivity index (χ0) is 12.8. The van der Waals surface area contributed by atoms with E-state index in [1.54, 1.807) is 0 Å². The maximum absolute atomic E-state index is 13.4. The number of pyridine rings is 1. The smallest absolute Gasteiger partial charge is 0.433 e. The van der Waals surface area contributed by atoms with Crippen molar-refractivity contribution in [2.75, 3.05) is 0 Å². The molecule has 0 unspecified atom stereocenters. The van der Waals surface area contributed by atoms with Gasteiger partial charge in [-0.3, -0.25) is 0 Å². The number of nitrogens with zero attached hydrogens (tertiary/aromatic N) is 1. The topological polar surface area (TPSA) is 36.0 Å². The molecule has 0 amide bonds. The van der Waals surface area contributed by atoms with Crippen LogP contribution >= 0.6 is 11.6 Å². The van der Waals surface area contributed by atoms with Gasteiger partial charge in [0.15, 0.2) is 5.82 Å². The van der Waals surface area contributed by atoms with Crippen LogP contribution in [0.5, 0.6) is 5.75 Å². The summed E-state index contributed by atoms with van der Waals surface area (Å²) in [6, 6.07) is 2.56. The number of fused-ring (bicyclic) bond motifs is 1. The minimum Gasteiger partial charge on any atom is -0.872 e. The monoisotopic (exact) mass is 264 g/mol. The minimum atomic E-state index is -4.80. The van der Waals surface area contributed by atoms with Crippen LogP contribution in [-0.4, -0.2) is 4.98 Å².